The molecule has 1 aromatic heterocycles. The molecule has 1 aromatic carbocycles. The van der Waals surface area contributed by atoms with Gasteiger partial charge >= 0.3 is 0 Å². The summed E-state index contributed by atoms with van der Waals surface area (Å²) in [6.45, 7) is 2.67. The van der Waals surface area contributed by atoms with E-state index in [1.807, 2.05) is 11.8 Å². The van der Waals surface area contributed by atoms with Crippen LogP contribution in [-0.2, 0) is 16.4 Å². The summed E-state index contributed by atoms with van der Waals surface area (Å²) in [4.78, 5) is 16.5. The monoisotopic (exact) mass is 325 g/mol. The lowest BCUT2D eigenvalue weighted by Crippen LogP contribution is -2.46. The number of oxazole rings is 1. The van der Waals surface area contributed by atoms with Gasteiger partial charge in [-0.15, -0.1) is 0 Å². The maximum atomic E-state index is 11.6. The fourth-order valence-electron chi connectivity index (χ4n) is 2.59. The number of hydrogen-bond acceptors (Lipinski definition) is 7. The summed E-state index contributed by atoms with van der Waals surface area (Å²) >= 11 is 0. The number of aromatic nitrogens is 1. The molecule has 0 bridgehead atoms. The van der Waals surface area contributed by atoms with Crippen LogP contribution in [0.15, 0.2) is 22.6 Å². The summed E-state index contributed by atoms with van der Waals surface area (Å²) in [6.07, 6.45) is 0. The van der Waals surface area contributed by atoms with Gasteiger partial charge in [-0.3, -0.25) is 15.0 Å². The normalized spacial score (nSPS) is 22.0. The Balaban J connectivity index is 1.81. The van der Waals surface area contributed by atoms with E-state index in [-0.39, 0.29) is 23.2 Å². The lowest BCUT2D eigenvalue weighted by atomic mass is 10.3. The van der Waals surface area contributed by atoms with E-state index >= 15 is 0 Å². The Hall–Kier alpha value is -2.00. The van der Waals surface area contributed by atoms with Gasteiger partial charge in [-0.2, -0.15) is 0 Å². The van der Waals surface area contributed by atoms with Crippen LogP contribution in [-0.4, -0.2) is 47.3 Å². The van der Waals surface area contributed by atoms with E-state index < -0.39 is 14.8 Å². The second kappa shape index (κ2) is 5.33. The summed E-state index contributed by atoms with van der Waals surface area (Å²) < 4.78 is 28.7. The van der Waals surface area contributed by atoms with Gasteiger partial charge in [0.25, 0.3) is 5.69 Å². The predicted molar refractivity (Wildman–Crippen MR) is 79.2 cm³/mol. The Kier molecular flexibility index (Phi) is 3.61. The van der Waals surface area contributed by atoms with Crippen molar-refractivity contribution in [3.63, 3.8) is 0 Å². The molecule has 8 nitrogen and oxygen atoms in total. The number of sulfone groups is 1. The summed E-state index contributed by atoms with van der Waals surface area (Å²) in [5.74, 6) is 0.684. The molecule has 1 aliphatic rings. The van der Waals surface area contributed by atoms with Crippen LogP contribution in [0.25, 0.3) is 11.1 Å². The summed E-state index contributed by atoms with van der Waals surface area (Å²) in [5.41, 5.74) is 0.879. The highest BCUT2D eigenvalue weighted by Gasteiger charge is 2.29. The van der Waals surface area contributed by atoms with Gasteiger partial charge in [-0.1, -0.05) is 0 Å². The second-order valence-electron chi connectivity index (χ2n) is 5.45. The summed E-state index contributed by atoms with van der Waals surface area (Å²) in [6, 6.07) is 4.15. The van der Waals surface area contributed by atoms with Crippen molar-refractivity contribution in [2.24, 2.45) is 0 Å². The predicted octanol–water partition coefficient (Wildman–Crippen LogP) is 1.35. The maximum Gasteiger partial charge on any atom is 0.271 e. The SMILES string of the molecule is C[C@H]1CS(=O)(=O)CCN1Cc1nc2cc([N+](=O)[O-])ccc2o1. The molecule has 0 amide bonds. The smallest absolute Gasteiger partial charge is 0.271 e. The van der Waals surface area contributed by atoms with Crippen LogP contribution in [0.1, 0.15) is 12.8 Å². The Morgan fingerprint density at radius 1 is 1.50 bits per heavy atom. The fourth-order valence-corrected chi connectivity index (χ4v) is 4.21. The molecular weight excluding hydrogens is 310 g/mol. The van der Waals surface area contributed by atoms with E-state index in [1.165, 1.54) is 18.2 Å². The van der Waals surface area contributed by atoms with Gasteiger partial charge in [0.15, 0.2) is 15.4 Å². The number of nitrogens with zero attached hydrogens (tertiary/aromatic N) is 3. The topological polar surface area (TPSA) is 107 Å². The van der Waals surface area contributed by atoms with Gasteiger partial charge < -0.3 is 4.42 Å². The van der Waals surface area contributed by atoms with Gasteiger partial charge in [0, 0.05) is 24.7 Å². The van der Waals surface area contributed by atoms with Gasteiger partial charge in [0.1, 0.15) is 5.52 Å². The van der Waals surface area contributed by atoms with Gasteiger partial charge in [0.05, 0.1) is 23.0 Å². The van der Waals surface area contributed by atoms with E-state index in [2.05, 4.69) is 4.98 Å². The summed E-state index contributed by atoms with van der Waals surface area (Å²) in [7, 11) is -2.96. The van der Waals surface area contributed by atoms with Crippen LogP contribution in [0.3, 0.4) is 0 Å². The van der Waals surface area contributed by atoms with E-state index in [4.69, 9.17) is 4.42 Å². The number of hydrogen-bond donors (Lipinski definition) is 0. The molecule has 0 spiro atoms. The first kappa shape index (κ1) is 14.9. The molecule has 1 fully saturated rings. The third-order valence-corrected chi connectivity index (χ3v) is 5.57. The molecular formula is C13H15N3O5S. The molecule has 118 valence electrons. The molecule has 9 heteroatoms. The van der Waals surface area contributed by atoms with Crippen molar-refractivity contribution in [2.45, 2.75) is 19.5 Å². The molecule has 0 saturated carbocycles. The molecule has 1 atom stereocenters. The van der Waals surface area contributed by atoms with Crippen LogP contribution in [0.5, 0.6) is 0 Å². The fraction of sp³-hybridized carbons (Fsp3) is 0.462. The van der Waals surface area contributed by atoms with Crippen molar-refractivity contribution in [1.29, 1.82) is 0 Å². The average Bonchev–Trinajstić information content (AvgIpc) is 2.82. The molecule has 0 unspecified atom stereocenters. The van der Waals surface area contributed by atoms with Gasteiger partial charge in [-0.05, 0) is 13.0 Å². The van der Waals surface area contributed by atoms with E-state index in [9.17, 15) is 18.5 Å². The number of nitro benzene ring substituents is 1. The first-order valence-electron chi connectivity index (χ1n) is 6.82. The van der Waals surface area contributed by atoms with E-state index in [1.54, 1.807) is 0 Å². The van der Waals surface area contributed by atoms with Gasteiger partial charge in [-0.25, -0.2) is 13.4 Å². The molecule has 3 rings (SSSR count). The lowest BCUT2D eigenvalue weighted by Gasteiger charge is -2.31. The minimum Gasteiger partial charge on any atom is -0.439 e. The lowest BCUT2D eigenvalue weighted by molar-refractivity contribution is -0.384. The zero-order chi connectivity index (χ0) is 15.9. The van der Waals surface area contributed by atoms with Crippen molar-refractivity contribution in [3.05, 3.63) is 34.2 Å². The summed E-state index contributed by atoms with van der Waals surface area (Å²) in [5, 5.41) is 10.8. The highest BCUT2D eigenvalue weighted by atomic mass is 32.2. The number of rotatable bonds is 3. The number of benzene rings is 1. The van der Waals surface area contributed by atoms with Crippen LogP contribution in [0.4, 0.5) is 5.69 Å². The van der Waals surface area contributed by atoms with E-state index in [0.717, 1.165) is 0 Å². The van der Waals surface area contributed by atoms with Crippen LogP contribution >= 0.6 is 0 Å². The molecule has 2 aromatic rings. The van der Waals surface area contributed by atoms with Crippen molar-refractivity contribution in [2.75, 3.05) is 18.1 Å². The van der Waals surface area contributed by atoms with Gasteiger partial charge in [0.2, 0.25) is 5.89 Å². The maximum absolute atomic E-state index is 11.6. The average molecular weight is 325 g/mol. The minimum absolute atomic E-state index is 0.0372. The van der Waals surface area contributed by atoms with Crippen molar-refractivity contribution in [1.82, 2.24) is 9.88 Å². The molecule has 0 N–H and O–H groups in total. The molecule has 0 aliphatic carbocycles. The highest BCUT2D eigenvalue weighted by Crippen LogP contribution is 2.23. The Labute approximate surface area is 126 Å². The molecule has 0 radical (unpaired) electrons. The second-order valence-corrected chi connectivity index (χ2v) is 7.68. The Morgan fingerprint density at radius 3 is 2.95 bits per heavy atom. The first-order chi connectivity index (χ1) is 10.3. The largest absolute Gasteiger partial charge is 0.439 e. The number of fused-ring (bicyclic) bond motifs is 1. The molecule has 2 heterocycles. The number of nitro groups is 1. The van der Waals surface area contributed by atoms with E-state index in [0.29, 0.717) is 30.1 Å². The number of non-ortho nitro benzene ring substituents is 1. The van der Waals surface area contributed by atoms with Crippen molar-refractivity contribution < 1.29 is 17.8 Å². The quantitative estimate of drug-likeness (QED) is 0.619. The van der Waals surface area contributed by atoms with Crippen LogP contribution in [0, 0.1) is 10.1 Å². The van der Waals surface area contributed by atoms with Crippen molar-refractivity contribution in [3.8, 4) is 0 Å². The third-order valence-electron chi connectivity index (χ3n) is 3.77. The molecule has 1 aliphatic heterocycles. The minimum atomic E-state index is -2.96. The Morgan fingerprint density at radius 2 is 2.27 bits per heavy atom. The highest BCUT2D eigenvalue weighted by molar-refractivity contribution is 7.91. The van der Waals surface area contributed by atoms with Crippen molar-refractivity contribution >= 4 is 26.6 Å². The third kappa shape index (κ3) is 2.95. The van der Waals surface area contributed by atoms with Crippen LogP contribution < -0.4 is 0 Å². The standard InChI is InChI=1S/C13H15N3O5S/c1-9-8-22(19,20)5-4-15(9)7-13-14-11-6-10(16(17)18)2-3-12(11)21-13/h2-3,6,9H,4-5,7-8H2,1H3/t9-/m0/s1. The van der Waals surface area contributed by atoms with Crippen LogP contribution in [0.2, 0.25) is 0 Å². The first-order valence-corrected chi connectivity index (χ1v) is 8.64. The zero-order valence-corrected chi connectivity index (χ0v) is 12.7. The molecule has 22 heavy (non-hydrogen) atoms. The Bertz CT molecular complexity index is 829. The molecule has 1 saturated heterocycles. The zero-order valence-electron chi connectivity index (χ0n) is 11.9.